The maximum atomic E-state index is 4.03. The van der Waals surface area contributed by atoms with E-state index in [9.17, 15) is 0 Å². The molecule has 0 bridgehead atoms. The molecule has 1 aromatic heterocycles. The zero-order valence-corrected chi connectivity index (χ0v) is 9.04. The quantitative estimate of drug-likeness (QED) is 0.735. The largest absolute Gasteiger partial charge is 0.368 e. The van der Waals surface area contributed by atoms with Gasteiger partial charge in [0.15, 0.2) is 0 Å². The van der Waals surface area contributed by atoms with Gasteiger partial charge >= 0.3 is 0 Å². The van der Waals surface area contributed by atoms with E-state index in [0.717, 1.165) is 24.6 Å². The molecule has 0 saturated carbocycles. The Morgan fingerprint density at radius 3 is 2.64 bits per heavy atom. The molecular formula is C10H18N4. The summed E-state index contributed by atoms with van der Waals surface area (Å²) in [7, 11) is 1.96. The third kappa shape index (κ3) is 3.70. The number of nitrogens with zero attached hydrogens (tertiary/aromatic N) is 2. The summed E-state index contributed by atoms with van der Waals surface area (Å²) in [6.07, 6.45) is 0. The Morgan fingerprint density at radius 1 is 1.29 bits per heavy atom. The van der Waals surface area contributed by atoms with Crippen LogP contribution in [0.15, 0.2) is 12.1 Å². The van der Waals surface area contributed by atoms with Gasteiger partial charge in [0.25, 0.3) is 0 Å². The summed E-state index contributed by atoms with van der Waals surface area (Å²) < 4.78 is 0. The molecule has 0 aliphatic rings. The molecule has 4 nitrogen and oxygen atoms in total. The Labute approximate surface area is 85.1 Å². The summed E-state index contributed by atoms with van der Waals surface area (Å²) in [5.74, 6) is 1.43. The number of hydrogen-bond donors (Lipinski definition) is 2. The highest BCUT2D eigenvalue weighted by Crippen LogP contribution is 2.02. The fourth-order valence-electron chi connectivity index (χ4n) is 1.19. The second-order valence-corrected chi connectivity index (χ2v) is 3.60. The van der Waals surface area contributed by atoms with Gasteiger partial charge in [-0.05, 0) is 38.6 Å². The molecule has 1 unspecified atom stereocenters. The zero-order chi connectivity index (χ0) is 10.4. The van der Waals surface area contributed by atoms with E-state index in [-0.39, 0.29) is 0 Å². The smallest absolute Gasteiger partial charge is 0.148 e. The standard InChI is InChI=1S/C10H18N4/c1-8(6-11-3)7-12-10-5-4-9(2)13-14-10/h4-5,8,11H,6-7H2,1-3H3,(H,12,14). The molecule has 0 aromatic carbocycles. The molecule has 14 heavy (non-hydrogen) atoms. The van der Waals surface area contributed by atoms with E-state index < -0.39 is 0 Å². The minimum absolute atomic E-state index is 0.586. The Bertz CT molecular complexity index is 257. The van der Waals surface area contributed by atoms with Gasteiger partial charge in [-0.2, -0.15) is 5.10 Å². The average Bonchev–Trinajstić information content (AvgIpc) is 2.17. The lowest BCUT2D eigenvalue weighted by molar-refractivity contribution is 0.568. The molecule has 1 heterocycles. The van der Waals surface area contributed by atoms with Crippen LogP contribution in [0.3, 0.4) is 0 Å². The first-order valence-corrected chi connectivity index (χ1v) is 4.91. The Morgan fingerprint density at radius 2 is 2.07 bits per heavy atom. The van der Waals surface area contributed by atoms with Crippen LogP contribution in [0.2, 0.25) is 0 Å². The third-order valence-corrected chi connectivity index (χ3v) is 1.98. The predicted octanol–water partition coefficient (Wildman–Crippen LogP) is 1.05. The van der Waals surface area contributed by atoms with Gasteiger partial charge in [-0.1, -0.05) is 6.92 Å². The number of nitrogens with one attached hydrogen (secondary N) is 2. The van der Waals surface area contributed by atoms with Crippen LogP contribution < -0.4 is 10.6 Å². The molecule has 2 N–H and O–H groups in total. The topological polar surface area (TPSA) is 49.8 Å². The number of hydrogen-bond acceptors (Lipinski definition) is 4. The molecular weight excluding hydrogens is 176 g/mol. The Balaban J connectivity index is 2.34. The van der Waals surface area contributed by atoms with Gasteiger partial charge in [0.1, 0.15) is 5.82 Å². The summed E-state index contributed by atoms with van der Waals surface area (Å²) in [5, 5.41) is 14.4. The molecule has 1 aromatic rings. The minimum atomic E-state index is 0.586. The molecule has 0 aliphatic carbocycles. The molecule has 78 valence electrons. The molecule has 0 saturated heterocycles. The molecule has 0 spiro atoms. The lowest BCUT2D eigenvalue weighted by atomic mass is 10.2. The second-order valence-electron chi connectivity index (χ2n) is 3.60. The molecule has 1 rings (SSSR count). The van der Waals surface area contributed by atoms with Crippen molar-refractivity contribution in [1.29, 1.82) is 0 Å². The first-order chi connectivity index (χ1) is 6.72. The first kappa shape index (κ1) is 10.9. The summed E-state index contributed by atoms with van der Waals surface area (Å²) >= 11 is 0. The van der Waals surface area contributed by atoms with Crippen LogP contribution >= 0.6 is 0 Å². The van der Waals surface area contributed by atoms with Crippen molar-refractivity contribution in [3.63, 3.8) is 0 Å². The van der Waals surface area contributed by atoms with E-state index in [1.54, 1.807) is 0 Å². The highest BCUT2D eigenvalue weighted by atomic mass is 15.2. The number of anilines is 1. The number of aromatic nitrogens is 2. The van der Waals surface area contributed by atoms with Crippen LogP contribution in [-0.2, 0) is 0 Å². The van der Waals surface area contributed by atoms with Gasteiger partial charge in [-0.15, -0.1) is 5.10 Å². The maximum Gasteiger partial charge on any atom is 0.148 e. The van der Waals surface area contributed by atoms with E-state index in [4.69, 9.17) is 0 Å². The Kier molecular flexibility index (Phi) is 4.32. The molecule has 0 fully saturated rings. The van der Waals surface area contributed by atoms with Gasteiger partial charge in [0.2, 0.25) is 0 Å². The SMILES string of the molecule is CNCC(C)CNc1ccc(C)nn1. The summed E-state index contributed by atoms with van der Waals surface area (Å²) in [6, 6.07) is 3.91. The number of rotatable bonds is 5. The van der Waals surface area contributed by atoms with Crippen molar-refractivity contribution in [3.05, 3.63) is 17.8 Å². The molecule has 1 atom stereocenters. The summed E-state index contributed by atoms with van der Waals surface area (Å²) in [6.45, 7) is 6.04. The van der Waals surface area contributed by atoms with Gasteiger partial charge in [0, 0.05) is 6.54 Å². The average molecular weight is 194 g/mol. The third-order valence-electron chi connectivity index (χ3n) is 1.98. The Hall–Kier alpha value is -1.16. The monoisotopic (exact) mass is 194 g/mol. The molecule has 0 amide bonds. The lowest BCUT2D eigenvalue weighted by Gasteiger charge is -2.11. The van der Waals surface area contributed by atoms with E-state index in [0.29, 0.717) is 5.92 Å². The van der Waals surface area contributed by atoms with Crippen molar-refractivity contribution in [3.8, 4) is 0 Å². The molecule has 4 heteroatoms. The second kappa shape index (κ2) is 5.54. The van der Waals surface area contributed by atoms with Crippen molar-refractivity contribution in [2.45, 2.75) is 13.8 Å². The van der Waals surface area contributed by atoms with Crippen molar-refractivity contribution in [2.24, 2.45) is 5.92 Å². The van der Waals surface area contributed by atoms with E-state index in [1.807, 2.05) is 26.1 Å². The van der Waals surface area contributed by atoms with Crippen molar-refractivity contribution in [1.82, 2.24) is 15.5 Å². The first-order valence-electron chi connectivity index (χ1n) is 4.91. The van der Waals surface area contributed by atoms with Crippen molar-refractivity contribution >= 4 is 5.82 Å². The normalized spacial score (nSPS) is 12.5. The number of aryl methyl sites for hydroxylation is 1. The van der Waals surface area contributed by atoms with Gasteiger partial charge in [0.05, 0.1) is 5.69 Å². The van der Waals surface area contributed by atoms with Crippen LogP contribution in [0.1, 0.15) is 12.6 Å². The van der Waals surface area contributed by atoms with Crippen LogP contribution in [-0.4, -0.2) is 30.3 Å². The fraction of sp³-hybridized carbons (Fsp3) is 0.600. The highest BCUT2D eigenvalue weighted by Gasteiger charge is 2.00. The maximum absolute atomic E-state index is 4.03. The fourth-order valence-corrected chi connectivity index (χ4v) is 1.19. The summed E-state index contributed by atoms with van der Waals surface area (Å²) in [4.78, 5) is 0. The van der Waals surface area contributed by atoms with Gasteiger partial charge < -0.3 is 10.6 Å². The van der Waals surface area contributed by atoms with Crippen LogP contribution in [0, 0.1) is 12.8 Å². The van der Waals surface area contributed by atoms with E-state index in [1.165, 1.54) is 0 Å². The predicted molar refractivity (Wildman–Crippen MR) is 58.3 cm³/mol. The van der Waals surface area contributed by atoms with Gasteiger partial charge in [-0.3, -0.25) is 0 Å². The van der Waals surface area contributed by atoms with Gasteiger partial charge in [-0.25, -0.2) is 0 Å². The minimum Gasteiger partial charge on any atom is -0.368 e. The lowest BCUT2D eigenvalue weighted by Crippen LogP contribution is -2.23. The van der Waals surface area contributed by atoms with E-state index in [2.05, 4.69) is 27.8 Å². The zero-order valence-electron chi connectivity index (χ0n) is 9.04. The summed E-state index contributed by atoms with van der Waals surface area (Å²) in [5.41, 5.74) is 0.943. The highest BCUT2D eigenvalue weighted by molar-refractivity contribution is 5.32. The van der Waals surface area contributed by atoms with Crippen LogP contribution in [0.25, 0.3) is 0 Å². The molecule has 0 aliphatic heterocycles. The van der Waals surface area contributed by atoms with Crippen molar-refractivity contribution in [2.75, 3.05) is 25.5 Å². The molecule has 0 radical (unpaired) electrons. The van der Waals surface area contributed by atoms with E-state index >= 15 is 0 Å². The van der Waals surface area contributed by atoms with Crippen LogP contribution in [0.5, 0.6) is 0 Å². The van der Waals surface area contributed by atoms with Crippen LogP contribution in [0.4, 0.5) is 5.82 Å². The van der Waals surface area contributed by atoms with Crippen molar-refractivity contribution < 1.29 is 0 Å².